The smallest absolute Gasteiger partial charge is 0.376 e. The molecule has 2 aromatic carbocycles. The van der Waals surface area contributed by atoms with E-state index in [9.17, 15) is 23.2 Å². The highest BCUT2D eigenvalue weighted by atomic mass is 19.4. The largest absolute Gasteiger partial charge is 0.416 e. The summed E-state index contributed by atoms with van der Waals surface area (Å²) >= 11 is 0. The number of fused-ring (bicyclic) bond motifs is 1. The van der Waals surface area contributed by atoms with Crippen LogP contribution in [0.5, 0.6) is 0 Å². The highest BCUT2D eigenvalue weighted by Crippen LogP contribution is 2.30. The van der Waals surface area contributed by atoms with Crippen molar-refractivity contribution in [1.29, 1.82) is 5.26 Å². The Kier molecular flexibility index (Phi) is 6.52. The van der Waals surface area contributed by atoms with E-state index in [0.717, 1.165) is 35.9 Å². The van der Waals surface area contributed by atoms with Gasteiger partial charge in [0.05, 0.1) is 11.7 Å². The summed E-state index contributed by atoms with van der Waals surface area (Å²) < 4.78 is 46.6. The van der Waals surface area contributed by atoms with Crippen molar-refractivity contribution in [2.24, 2.45) is 0 Å². The summed E-state index contributed by atoms with van der Waals surface area (Å²) in [6, 6.07) is 14.5. The fourth-order valence-electron chi connectivity index (χ4n) is 3.97. The molecule has 1 aliphatic rings. The van der Waals surface area contributed by atoms with Gasteiger partial charge >= 0.3 is 6.18 Å². The molecule has 170 valence electrons. The Morgan fingerprint density at radius 2 is 2.06 bits per heavy atom. The Balaban J connectivity index is 1.61. The maximum Gasteiger partial charge on any atom is 0.416 e. The molecule has 0 unspecified atom stereocenters. The van der Waals surface area contributed by atoms with E-state index in [4.69, 9.17) is 4.74 Å². The minimum atomic E-state index is -4.42. The zero-order valence-electron chi connectivity index (χ0n) is 17.7. The number of nitriles is 1. The third-order valence-electron chi connectivity index (χ3n) is 5.61. The second-order valence-electron chi connectivity index (χ2n) is 7.94. The molecule has 1 aromatic heterocycles. The summed E-state index contributed by atoms with van der Waals surface area (Å²) in [4.78, 5) is 12.5. The molecule has 1 amide bonds. The van der Waals surface area contributed by atoms with Crippen LogP contribution in [0, 0.1) is 11.3 Å². The van der Waals surface area contributed by atoms with Gasteiger partial charge in [0, 0.05) is 42.4 Å². The van der Waals surface area contributed by atoms with E-state index in [2.05, 4.69) is 5.32 Å². The van der Waals surface area contributed by atoms with Crippen LogP contribution in [0.1, 0.15) is 29.5 Å². The SMILES string of the molecule is N#C/C(=C/c1cn(Cc2cccc(C(F)(F)F)c2)c2ccccc12)C(=O)NC[C@@H]1CCCO1. The van der Waals surface area contributed by atoms with Gasteiger partial charge in [0.1, 0.15) is 11.6 Å². The molecule has 4 rings (SSSR count). The summed E-state index contributed by atoms with van der Waals surface area (Å²) in [5, 5.41) is 13.1. The van der Waals surface area contributed by atoms with Gasteiger partial charge in [0.25, 0.3) is 5.91 Å². The Bertz CT molecular complexity index is 1230. The van der Waals surface area contributed by atoms with E-state index in [-0.39, 0.29) is 18.2 Å². The van der Waals surface area contributed by atoms with Gasteiger partial charge < -0.3 is 14.6 Å². The molecule has 0 saturated carbocycles. The molecule has 0 aliphatic carbocycles. The summed E-state index contributed by atoms with van der Waals surface area (Å²) in [6.45, 7) is 1.23. The fourth-order valence-corrected chi connectivity index (χ4v) is 3.97. The van der Waals surface area contributed by atoms with E-state index in [1.54, 1.807) is 12.3 Å². The number of carbonyl (C=O) groups excluding carboxylic acids is 1. The Morgan fingerprint density at radius 3 is 2.79 bits per heavy atom. The van der Waals surface area contributed by atoms with E-state index in [1.807, 2.05) is 34.9 Å². The monoisotopic (exact) mass is 453 g/mol. The van der Waals surface area contributed by atoms with Crippen LogP contribution < -0.4 is 5.32 Å². The highest BCUT2D eigenvalue weighted by molar-refractivity contribution is 6.04. The van der Waals surface area contributed by atoms with Crippen molar-refractivity contribution in [1.82, 2.24) is 9.88 Å². The predicted octanol–water partition coefficient (Wildman–Crippen LogP) is 4.91. The quantitative estimate of drug-likeness (QED) is 0.426. The molecule has 8 heteroatoms. The molecule has 0 bridgehead atoms. The summed E-state index contributed by atoms with van der Waals surface area (Å²) in [5.74, 6) is -0.484. The second kappa shape index (κ2) is 9.51. The first-order valence-electron chi connectivity index (χ1n) is 10.6. The first-order chi connectivity index (χ1) is 15.8. The number of carbonyl (C=O) groups is 1. The number of nitrogens with one attached hydrogen (secondary N) is 1. The number of hydrogen-bond acceptors (Lipinski definition) is 3. The number of rotatable bonds is 6. The molecule has 5 nitrogen and oxygen atoms in total. The number of benzene rings is 2. The van der Waals surface area contributed by atoms with Gasteiger partial charge in [-0.15, -0.1) is 0 Å². The molecule has 33 heavy (non-hydrogen) atoms. The van der Waals surface area contributed by atoms with Crippen LogP contribution in [0.3, 0.4) is 0 Å². The number of nitrogens with zero attached hydrogens (tertiary/aromatic N) is 2. The molecular formula is C25H22F3N3O2. The fraction of sp³-hybridized carbons (Fsp3) is 0.280. The first kappa shape index (κ1) is 22.6. The van der Waals surface area contributed by atoms with E-state index in [0.29, 0.717) is 24.3 Å². The Morgan fingerprint density at radius 1 is 1.24 bits per heavy atom. The van der Waals surface area contributed by atoms with Gasteiger partial charge in [-0.05, 0) is 42.7 Å². The van der Waals surface area contributed by atoms with Crippen LogP contribution in [0.15, 0.2) is 60.3 Å². The molecule has 1 atom stereocenters. The molecule has 0 radical (unpaired) electrons. The molecule has 1 fully saturated rings. The standard InChI is InChI=1S/C25H22F3N3O2/c26-25(27,28)20-6-3-5-17(11-20)15-31-16-19(22-8-1-2-9-23(22)31)12-18(13-29)24(32)30-14-21-7-4-10-33-21/h1-3,5-6,8-9,11-12,16,21H,4,7,10,14-15H2,(H,30,32)/b18-12-/t21-/m0/s1. The van der Waals surface area contributed by atoms with E-state index < -0.39 is 17.6 Å². The summed E-state index contributed by atoms with van der Waals surface area (Å²) in [7, 11) is 0. The van der Waals surface area contributed by atoms with Crippen molar-refractivity contribution in [3.8, 4) is 6.07 Å². The second-order valence-corrected chi connectivity index (χ2v) is 7.94. The van der Waals surface area contributed by atoms with Gasteiger partial charge in [-0.25, -0.2) is 0 Å². The van der Waals surface area contributed by atoms with Crippen LogP contribution in [-0.4, -0.2) is 29.7 Å². The van der Waals surface area contributed by atoms with Crippen molar-refractivity contribution in [2.45, 2.75) is 31.7 Å². The van der Waals surface area contributed by atoms with Crippen molar-refractivity contribution in [3.63, 3.8) is 0 Å². The van der Waals surface area contributed by atoms with Gasteiger partial charge in [0.15, 0.2) is 0 Å². The number of amides is 1. The maximum absolute atomic E-state index is 13.1. The molecule has 0 spiro atoms. The van der Waals surface area contributed by atoms with Crippen LogP contribution >= 0.6 is 0 Å². The lowest BCUT2D eigenvalue weighted by Gasteiger charge is -2.10. The minimum absolute atomic E-state index is 0.0386. The highest BCUT2D eigenvalue weighted by Gasteiger charge is 2.30. The van der Waals surface area contributed by atoms with Crippen molar-refractivity contribution in [2.75, 3.05) is 13.2 Å². The zero-order valence-corrected chi connectivity index (χ0v) is 17.7. The summed E-state index contributed by atoms with van der Waals surface area (Å²) in [5.41, 5.74) is 1.18. The molecule has 2 heterocycles. The third-order valence-corrected chi connectivity index (χ3v) is 5.61. The van der Waals surface area contributed by atoms with Gasteiger partial charge in [0.2, 0.25) is 0 Å². The molecule has 1 aliphatic heterocycles. The van der Waals surface area contributed by atoms with Gasteiger partial charge in [-0.1, -0.05) is 30.3 Å². The number of ether oxygens (including phenoxy) is 1. The minimum Gasteiger partial charge on any atom is -0.376 e. The number of alkyl halides is 3. The number of hydrogen-bond donors (Lipinski definition) is 1. The van der Waals surface area contributed by atoms with Gasteiger partial charge in [-0.3, -0.25) is 4.79 Å². The topological polar surface area (TPSA) is 67.0 Å². The lowest BCUT2D eigenvalue weighted by atomic mass is 10.1. The van der Waals surface area contributed by atoms with Crippen molar-refractivity contribution in [3.05, 3.63) is 77.0 Å². The van der Waals surface area contributed by atoms with Crippen LogP contribution in [0.25, 0.3) is 17.0 Å². The molecule has 3 aromatic rings. The number of halogens is 3. The number of para-hydroxylation sites is 1. The lowest BCUT2D eigenvalue weighted by Crippen LogP contribution is -2.32. The average molecular weight is 453 g/mol. The molecule has 1 N–H and O–H groups in total. The predicted molar refractivity (Wildman–Crippen MR) is 118 cm³/mol. The van der Waals surface area contributed by atoms with Gasteiger partial charge in [-0.2, -0.15) is 18.4 Å². The maximum atomic E-state index is 13.1. The molecular weight excluding hydrogens is 431 g/mol. The third kappa shape index (κ3) is 5.26. The first-order valence-corrected chi connectivity index (χ1v) is 10.6. The average Bonchev–Trinajstić information content (AvgIpc) is 3.44. The number of aromatic nitrogens is 1. The zero-order chi connectivity index (χ0) is 23.4. The Labute approximate surface area is 189 Å². The summed E-state index contributed by atoms with van der Waals surface area (Å²) in [6.07, 6.45) is 0.623. The van der Waals surface area contributed by atoms with Crippen molar-refractivity contribution < 1.29 is 22.7 Å². The van der Waals surface area contributed by atoms with Crippen LogP contribution in [0.4, 0.5) is 13.2 Å². The normalized spacial score (nSPS) is 16.7. The van der Waals surface area contributed by atoms with E-state index in [1.165, 1.54) is 12.1 Å². The van der Waals surface area contributed by atoms with Crippen LogP contribution in [0.2, 0.25) is 0 Å². The van der Waals surface area contributed by atoms with Crippen LogP contribution in [-0.2, 0) is 22.3 Å². The lowest BCUT2D eigenvalue weighted by molar-refractivity contribution is -0.137. The molecule has 1 saturated heterocycles. The Hall–Kier alpha value is -3.57. The van der Waals surface area contributed by atoms with Crippen molar-refractivity contribution >= 4 is 22.9 Å². The van der Waals surface area contributed by atoms with E-state index >= 15 is 0 Å².